The van der Waals surface area contributed by atoms with Gasteiger partial charge in [-0.15, -0.1) is 0 Å². The van der Waals surface area contributed by atoms with Crippen molar-refractivity contribution in [3.8, 4) is 0 Å². The van der Waals surface area contributed by atoms with E-state index in [-0.39, 0.29) is 18.3 Å². The van der Waals surface area contributed by atoms with E-state index in [1.54, 1.807) is 26.1 Å². The van der Waals surface area contributed by atoms with Gasteiger partial charge < -0.3 is 4.74 Å². The molecule has 0 radical (unpaired) electrons. The average molecular weight is 263 g/mol. The van der Waals surface area contributed by atoms with Gasteiger partial charge in [0.2, 0.25) is 0 Å². The fourth-order valence-electron chi connectivity index (χ4n) is 1.72. The van der Waals surface area contributed by atoms with Gasteiger partial charge in [0.15, 0.2) is 0 Å². The number of aromatic nitrogens is 2. The van der Waals surface area contributed by atoms with Gasteiger partial charge in [0.05, 0.1) is 22.7 Å². The molecule has 0 bridgehead atoms. The molecule has 7 heteroatoms. The van der Waals surface area contributed by atoms with Crippen LogP contribution >= 0.6 is 0 Å². The Balaban J connectivity index is 2.30. The number of carbonyl (C=O) groups excluding carboxylic acids is 1. The first-order chi connectivity index (χ1) is 8.97. The maximum absolute atomic E-state index is 11.6. The lowest BCUT2D eigenvalue weighted by molar-refractivity contribution is -0.384. The molecule has 0 saturated carbocycles. The van der Waals surface area contributed by atoms with Crippen molar-refractivity contribution < 1.29 is 14.5 Å². The third kappa shape index (κ3) is 2.87. The third-order valence-corrected chi connectivity index (χ3v) is 2.49. The van der Waals surface area contributed by atoms with Crippen LogP contribution in [0, 0.1) is 10.1 Å². The predicted molar refractivity (Wildman–Crippen MR) is 67.6 cm³/mol. The second-order valence-electron chi connectivity index (χ2n) is 4.34. The zero-order valence-corrected chi connectivity index (χ0v) is 10.6. The molecule has 2 aromatic rings. The highest BCUT2D eigenvalue weighted by Crippen LogP contribution is 2.20. The number of hydrogen-bond donors (Lipinski definition) is 0. The minimum Gasteiger partial charge on any atom is -0.462 e. The first kappa shape index (κ1) is 13.0. The third-order valence-electron chi connectivity index (χ3n) is 2.49. The van der Waals surface area contributed by atoms with Crippen LogP contribution in [0.5, 0.6) is 0 Å². The molecule has 0 saturated heterocycles. The van der Waals surface area contributed by atoms with E-state index in [0.717, 1.165) is 5.39 Å². The molecule has 7 nitrogen and oxygen atoms in total. The van der Waals surface area contributed by atoms with Crippen molar-refractivity contribution in [2.24, 2.45) is 0 Å². The molecule has 0 aliphatic carbocycles. The Morgan fingerprint density at radius 1 is 1.53 bits per heavy atom. The Labute approximate surface area is 108 Å². The van der Waals surface area contributed by atoms with Crippen molar-refractivity contribution in [3.05, 3.63) is 34.5 Å². The quantitative estimate of drug-likeness (QED) is 0.477. The van der Waals surface area contributed by atoms with Gasteiger partial charge in [-0.25, -0.2) is 0 Å². The fraction of sp³-hybridized carbons (Fsp3) is 0.333. The number of non-ortho nitro benzene ring substituents is 1. The smallest absolute Gasteiger partial charge is 0.328 e. The van der Waals surface area contributed by atoms with Crippen LogP contribution in [0.15, 0.2) is 24.4 Å². The topological polar surface area (TPSA) is 87.3 Å². The highest BCUT2D eigenvalue weighted by molar-refractivity contribution is 5.82. The average Bonchev–Trinajstić information content (AvgIpc) is 2.70. The second kappa shape index (κ2) is 5.05. The molecule has 0 aliphatic heterocycles. The monoisotopic (exact) mass is 263 g/mol. The molecular weight excluding hydrogens is 250 g/mol. The number of nitrogens with zero attached hydrogens (tertiary/aromatic N) is 3. The van der Waals surface area contributed by atoms with Gasteiger partial charge in [0.1, 0.15) is 6.54 Å². The van der Waals surface area contributed by atoms with Crippen LogP contribution in [-0.4, -0.2) is 26.8 Å². The SMILES string of the molecule is CC(C)OC(=O)Cn1ncc2ccc([N+](=O)[O-])cc21. The van der Waals surface area contributed by atoms with Gasteiger partial charge in [-0.1, -0.05) is 0 Å². The lowest BCUT2D eigenvalue weighted by Gasteiger charge is -2.08. The molecule has 0 amide bonds. The lowest BCUT2D eigenvalue weighted by atomic mass is 10.2. The maximum Gasteiger partial charge on any atom is 0.328 e. The summed E-state index contributed by atoms with van der Waals surface area (Å²) < 4.78 is 6.41. The highest BCUT2D eigenvalue weighted by Gasteiger charge is 2.13. The molecule has 0 atom stereocenters. The Kier molecular flexibility index (Phi) is 3.46. The highest BCUT2D eigenvalue weighted by atomic mass is 16.6. The summed E-state index contributed by atoms with van der Waals surface area (Å²) in [4.78, 5) is 21.8. The standard InChI is InChI=1S/C12H13N3O4/c1-8(2)19-12(16)7-14-11-5-10(15(17)18)4-3-9(11)6-13-14/h3-6,8H,7H2,1-2H3. The van der Waals surface area contributed by atoms with E-state index in [4.69, 9.17) is 4.74 Å². The van der Waals surface area contributed by atoms with E-state index in [1.807, 2.05) is 0 Å². The maximum atomic E-state index is 11.6. The molecule has 1 heterocycles. The van der Waals surface area contributed by atoms with Crippen LogP contribution in [0.1, 0.15) is 13.8 Å². The van der Waals surface area contributed by atoms with Crippen LogP contribution < -0.4 is 0 Å². The molecule has 0 unspecified atom stereocenters. The van der Waals surface area contributed by atoms with Gasteiger partial charge in [0, 0.05) is 17.5 Å². The summed E-state index contributed by atoms with van der Waals surface area (Å²) in [5.41, 5.74) is 0.501. The Bertz CT molecular complexity index is 633. The van der Waals surface area contributed by atoms with E-state index in [0.29, 0.717) is 5.52 Å². The molecular formula is C12H13N3O4. The van der Waals surface area contributed by atoms with Crippen LogP contribution in [-0.2, 0) is 16.1 Å². The Morgan fingerprint density at radius 2 is 2.26 bits per heavy atom. The zero-order chi connectivity index (χ0) is 14.0. The number of ether oxygens (including phenoxy) is 1. The Hall–Kier alpha value is -2.44. The van der Waals surface area contributed by atoms with Crippen LogP contribution in [0.3, 0.4) is 0 Å². The van der Waals surface area contributed by atoms with E-state index >= 15 is 0 Å². The van der Waals surface area contributed by atoms with Gasteiger partial charge in [-0.3, -0.25) is 19.6 Å². The van der Waals surface area contributed by atoms with Crippen molar-refractivity contribution in [1.29, 1.82) is 0 Å². The van der Waals surface area contributed by atoms with Crippen molar-refractivity contribution >= 4 is 22.6 Å². The number of carbonyl (C=O) groups is 1. The molecule has 0 spiro atoms. The molecule has 2 rings (SSSR count). The normalized spacial score (nSPS) is 10.9. The van der Waals surface area contributed by atoms with Gasteiger partial charge in [-0.2, -0.15) is 5.10 Å². The largest absolute Gasteiger partial charge is 0.462 e. The minimum absolute atomic E-state index is 0.0357. The van der Waals surface area contributed by atoms with Crippen LogP contribution in [0.4, 0.5) is 5.69 Å². The van der Waals surface area contributed by atoms with Crippen molar-refractivity contribution in [2.45, 2.75) is 26.5 Å². The van der Waals surface area contributed by atoms with E-state index < -0.39 is 10.9 Å². The van der Waals surface area contributed by atoms with Crippen molar-refractivity contribution in [1.82, 2.24) is 9.78 Å². The number of rotatable bonds is 4. The van der Waals surface area contributed by atoms with Crippen LogP contribution in [0.2, 0.25) is 0 Å². The lowest BCUT2D eigenvalue weighted by Crippen LogP contribution is -2.18. The Morgan fingerprint density at radius 3 is 2.89 bits per heavy atom. The van der Waals surface area contributed by atoms with Gasteiger partial charge in [0.25, 0.3) is 5.69 Å². The summed E-state index contributed by atoms with van der Waals surface area (Å²) in [7, 11) is 0. The molecule has 19 heavy (non-hydrogen) atoms. The molecule has 1 aromatic heterocycles. The summed E-state index contributed by atoms with van der Waals surface area (Å²) in [5.74, 6) is -0.425. The summed E-state index contributed by atoms with van der Waals surface area (Å²) in [6.07, 6.45) is 1.35. The van der Waals surface area contributed by atoms with Gasteiger partial charge in [-0.05, 0) is 19.9 Å². The molecule has 0 N–H and O–H groups in total. The van der Waals surface area contributed by atoms with Crippen molar-refractivity contribution in [2.75, 3.05) is 0 Å². The second-order valence-corrected chi connectivity index (χ2v) is 4.34. The molecule has 1 aromatic carbocycles. The summed E-state index contributed by atoms with van der Waals surface area (Å²) in [6, 6.07) is 4.40. The number of hydrogen-bond acceptors (Lipinski definition) is 5. The first-order valence-corrected chi connectivity index (χ1v) is 5.77. The molecule has 0 fully saturated rings. The molecule has 0 aliphatic rings. The van der Waals surface area contributed by atoms with Crippen LogP contribution in [0.25, 0.3) is 10.9 Å². The number of esters is 1. The van der Waals surface area contributed by atoms with E-state index in [1.165, 1.54) is 16.8 Å². The van der Waals surface area contributed by atoms with E-state index in [9.17, 15) is 14.9 Å². The van der Waals surface area contributed by atoms with Crippen molar-refractivity contribution in [3.63, 3.8) is 0 Å². The number of benzene rings is 1. The summed E-state index contributed by atoms with van der Waals surface area (Å²) in [5, 5.41) is 15.5. The molecule has 100 valence electrons. The van der Waals surface area contributed by atoms with E-state index in [2.05, 4.69) is 5.10 Å². The predicted octanol–water partition coefficient (Wildman–Crippen LogP) is 1.90. The number of nitro groups is 1. The number of fused-ring (bicyclic) bond motifs is 1. The summed E-state index contributed by atoms with van der Waals surface area (Å²) >= 11 is 0. The van der Waals surface area contributed by atoms with Gasteiger partial charge >= 0.3 is 5.97 Å². The first-order valence-electron chi connectivity index (χ1n) is 5.77. The summed E-state index contributed by atoms with van der Waals surface area (Å²) in [6.45, 7) is 3.44. The minimum atomic E-state index is -0.483. The number of nitro benzene ring substituents is 1. The zero-order valence-electron chi connectivity index (χ0n) is 10.6. The fourth-order valence-corrected chi connectivity index (χ4v) is 1.72.